The molecule has 0 fully saturated rings. The van der Waals surface area contributed by atoms with E-state index in [1.807, 2.05) is 26.0 Å². The smallest absolute Gasteiger partial charge is 0.225 e. The first-order chi connectivity index (χ1) is 9.19. The monoisotopic (exact) mass is 279 g/mol. The Morgan fingerprint density at radius 3 is 2.55 bits per heavy atom. The molecule has 112 valence electrons. The highest BCUT2D eigenvalue weighted by atomic mass is 16.5. The molecule has 1 amide bonds. The maximum absolute atomic E-state index is 11.9. The number of nitrogens with zero attached hydrogens (tertiary/aromatic N) is 1. The van der Waals surface area contributed by atoms with Gasteiger partial charge in [0.2, 0.25) is 5.91 Å². The van der Waals surface area contributed by atoms with Gasteiger partial charge in [0.25, 0.3) is 0 Å². The van der Waals surface area contributed by atoms with Crippen LogP contribution in [0.4, 0.5) is 0 Å². The van der Waals surface area contributed by atoms with E-state index in [1.165, 1.54) is 10.5 Å². The van der Waals surface area contributed by atoms with Crippen LogP contribution in [0.2, 0.25) is 0 Å². The molecule has 0 heterocycles. The molecule has 0 saturated carbocycles. The third-order valence-corrected chi connectivity index (χ3v) is 2.95. The number of hydrogen-bond acceptors (Lipinski definition) is 3. The highest BCUT2D eigenvalue weighted by molar-refractivity contribution is 5.76. The van der Waals surface area contributed by atoms with E-state index in [4.69, 9.17) is 4.74 Å². The number of ether oxygens (including phenoxy) is 1. The zero-order valence-corrected chi connectivity index (χ0v) is 13.1. The van der Waals surface area contributed by atoms with Crippen molar-refractivity contribution in [1.29, 1.82) is 0 Å². The molecule has 4 nitrogen and oxygen atoms in total. The molecule has 1 aromatic carbocycles. The van der Waals surface area contributed by atoms with Crippen LogP contribution < -0.4 is 4.74 Å². The van der Waals surface area contributed by atoms with Gasteiger partial charge in [0.1, 0.15) is 5.75 Å². The first-order valence-electron chi connectivity index (χ1n) is 6.85. The van der Waals surface area contributed by atoms with Crippen LogP contribution in [0.1, 0.15) is 31.4 Å². The van der Waals surface area contributed by atoms with E-state index in [0.29, 0.717) is 19.6 Å². The molecule has 0 aromatic heterocycles. The summed E-state index contributed by atoms with van der Waals surface area (Å²) in [6, 6.07) is 5.97. The van der Waals surface area contributed by atoms with Gasteiger partial charge in [-0.25, -0.2) is 0 Å². The minimum absolute atomic E-state index is 0.0307. The molecule has 0 unspecified atom stereocenters. The summed E-state index contributed by atoms with van der Waals surface area (Å²) in [5, 5.41) is 9.68. The van der Waals surface area contributed by atoms with Crippen LogP contribution in [-0.4, -0.2) is 41.7 Å². The predicted octanol–water partition coefficient (Wildman–Crippen LogP) is 2.30. The average Bonchev–Trinajstić information content (AvgIpc) is 2.29. The number of likely N-dealkylation sites (N-methyl/N-ethyl adjacent to an activating group) is 1. The lowest BCUT2D eigenvalue weighted by atomic mass is 10.1. The minimum atomic E-state index is -0.876. The Morgan fingerprint density at radius 1 is 1.35 bits per heavy atom. The van der Waals surface area contributed by atoms with Crippen molar-refractivity contribution in [3.63, 3.8) is 0 Å². The normalized spacial score (nSPS) is 11.3. The Hall–Kier alpha value is -1.55. The van der Waals surface area contributed by atoms with Crippen LogP contribution in [0.25, 0.3) is 0 Å². The van der Waals surface area contributed by atoms with E-state index < -0.39 is 5.60 Å². The number of benzene rings is 1. The molecule has 20 heavy (non-hydrogen) atoms. The molecule has 0 aliphatic heterocycles. The molecular weight excluding hydrogens is 254 g/mol. The molecule has 1 rings (SSSR count). The molecule has 0 saturated heterocycles. The van der Waals surface area contributed by atoms with E-state index in [0.717, 1.165) is 11.3 Å². The van der Waals surface area contributed by atoms with Crippen molar-refractivity contribution in [1.82, 2.24) is 4.90 Å². The molecule has 0 atom stereocenters. The molecule has 4 heteroatoms. The lowest BCUT2D eigenvalue weighted by Crippen LogP contribution is -2.40. The van der Waals surface area contributed by atoms with Crippen LogP contribution in [0.5, 0.6) is 5.75 Å². The van der Waals surface area contributed by atoms with Crippen LogP contribution in [0.15, 0.2) is 18.2 Å². The van der Waals surface area contributed by atoms with Gasteiger partial charge in [-0.15, -0.1) is 0 Å². The highest BCUT2D eigenvalue weighted by Gasteiger charge is 2.19. The SMILES string of the molecule is Cc1ccc(OCCC(=O)N(C)CC(C)(C)O)c(C)c1. The van der Waals surface area contributed by atoms with E-state index >= 15 is 0 Å². The average molecular weight is 279 g/mol. The first-order valence-corrected chi connectivity index (χ1v) is 6.85. The van der Waals surface area contributed by atoms with E-state index in [9.17, 15) is 9.90 Å². The van der Waals surface area contributed by atoms with Gasteiger partial charge in [-0.05, 0) is 39.3 Å². The molecule has 0 aliphatic rings. The van der Waals surface area contributed by atoms with E-state index in [2.05, 4.69) is 6.07 Å². The van der Waals surface area contributed by atoms with Gasteiger partial charge in [-0.3, -0.25) is 4.79 Å². The summed E-state index contributed by atoms with van der Waals surface area (Å²) in [5.41, 5.74) is 1.39. The predicted molar refractivity (Wildman–Crippen MR) is 80.0 cm³/mol. The summed E-state index contributed by atoms with van der Waals surface area (Å²) in [7, 11) is 1.69. The van der Waals surface area contributed by atoms with Crippen LogP contribution >= 0.6 is 0 Å². The van der Waals surface area contributed by atoms with Crippen molar-refractivity contribution in [2.45, 2.75) is 39.7 Å². The maximum Gasteiger partial charge on any atom is 0.225 e. The van der Waals surface area contributed by atoms with E-state index in [1.54, 1.807) is 20.9 Å². The number of aliphatic hydroxyl groups is 1. The van der Waals surface area contributed by atoms with Gasteiger partial charge in [0.15, 0.2) is 0 Å². The Kier molecular flexibility index (Phi) is 5.57. The Bertz CT molecular complexity index is 463. The standard InChI is InChI=1S/C16H25NO3/c1-12-6-7-14(13(2)10-12)20-9-8-15(18)17(5)11-16(3,4)19/h6-7,10,19H,8-9,11H2,1-5H3. The molecule has 0 radical (unpaired) electrons. The van der Waals surface area contributed by atoms with E-state index in [-0.39, 0.29) is 5.91 Å². The van der Waals surface area contributed by atoms with Crippen molar-refractivity contribution >= 4 is 5.91 Å². The van der Waals surface area contributed by atoms with Crippen molar-refractivity contribution < 1.29 is 14.6 Å². The van der Waals surface area contributed by atoms with Crippen LogP contribution in [-0.2, 0) is 4.79 Å². The fourth-order valence-electron chi connectivity index (χ4n) is 2.07. The molecule has 1 aromatic rings. The quantitative estimate of drug-likeness (QED) is 0.869. The number of amides is 1. The number of aryl methyl sites for hydroxylation is 2. The fraction of sp³-hybridized carbons (Fsp3) is 0.562. The van der Waals surface area contributed by atoms with Crippen molar-refractivity contribution in [2.75, 3.05) is 20.2 Å². The fourth-order valence-corrected chi connectivity index (χ4v) is 2.07. The molecule has 0 aliphatic carbocycles. The second kappa shape index (κ2) is 6.75. The Morgan fingerprint density at radius 2 is 2.00 bits per heavy atom. The summed E-state index contributed by atoms with van der Waals surface area (Å²) in [5.74, 6) is 0.783. The summed E-state index contributed by atoms with van der Waals surface area (Å²) in [4.78, 5) is 13.4. The van der Waals surface area contributed by atoms with Gasteiger partial charge >= 0.3 is 0 Å². The summed E-state index contributed by atoms with van der Waals surface area (Å²) < 4.78 is 5.63. The lowest BCUT2D eigenvalue weighted by molar-refractivity contribution is -0.133. The zero-order chi connectivity index (χ0) is 15.3. The first kappa shape index (κ1) is 16.5. The number of rotatable bonds is 6. The lowest BCUT2D eigenvalue weighted by Gasteiger charge is -2.25. The highest BCUT2D eigenvalue weighted by Crippen LogP contribution is 2.18. The van der Waals surface area contributed by atoms with Crippen LogP contribution in [0.3, 0.4) is 0 Å². The van der Waals surface area contributed by atoms with Gasteiger partial charge < -0.3 is 14.7 Å². The van der Waals surface area contributed by atoms with Crippen molar-refractivity contribution in [3.05, 3.63) is 29.3 Å². The summed E-state index contributed by atoms with van der Waals surface area (Å²) in [6.07, 6.45) is 0.305. The third-order valence-electron chi connectivity index (χ3n) is 2.95. The second-order valence-electron chi connectivity index (χ2n) is 5.93. The van der Waals surface area contributed by atoms with Crippen LogP contribution in [0, 0.1) is 13.8 Å². The van der Waals surface area contributed by atoms with Crippen molar-refractivity contribution in [3.8, 4) is 5.75 Å². The minimum Gasteiger partial charge on any atom is -0.493 e. The molecular formula is C16H25NO3. The number of hydrogen-bond donors (Lipinski definition) is 1. The molecule has 1 N–H and O–H groups in total. The summed E-state index contributed by atoms with van der Waals surface area (Å²) >= 11 is 0. The zero-order valence-electron chi connectivity index (χ0n) is 13.1. The Balaban J connectivity index is 2.42. The summed E-state index contributed by atoms with van der Waals surface area (Å²) in [6.45, 7) is 8.05. The van der Waals surface area contributed by atoms with Gasteiger partial charge in [0, 0.05) is 13.6 Å². The topological polar surface area (TPSA) is 49.8 Å². The van der Waals surface area contributed by atoms with Gasteiger partial charge in [-0.1, -0.05) is 17.7 Å². The second-order valence-corrected chi connectivity index (χ2v) is 5.93. The maximum atomic E-state index is 11.9. The van der Waals surface area contributed by atoms with Gasteiger partial charge in [0.05, 0.1) is 18.6 Å². The molecule has 0 bridgehead atoms. The van der Waals surface area contributed by atoms with Gasteiger partial charge in [-0.2, -0.15) is 0 Å². The number of carbonyl (C=O) groups is 1. The Labute approximate surface area is 121 Å². The van der Waals surface area contributed by atoms with Crippen molar-refractivity contribution in [2.24, 2.45) is 0 Å². The molecule has 0 spiro atoms. The third kappa shape index (κ3) is 5.61. The largest absolute Gasteiger partial charge is 0.493 e. The number of carbonyl (C=O) groups excluding carboxylic acids is 1.